The molecule has 1 nitrogen and oxygen atoms in total. The fraction of sp³-hybridized carbons (Fsp3) is 0.800. The summed E-state index contributed by atoms with van der Waals surface area (Å²) in [6.07, 6.45) is 5.08. The topological polar surface area (TPSA) is 20.2 Å². The maximum atomic E-state index is 9.44. The van der Waals surface area contributed by atoms with Gasteiger partial charge in [-0.15, -0.1) is 0 Å². The molecule has 0 aliphatic carbocycles. The summed E-state index contributed by atoms with van der Waals surface area (Å²) in [6.45, 7) is 8.00. The fourth-order valence-electron chi connectivity index (χ4n) is 1.03. The summed E-state index contributed by atoms with van der Waals surface area (Å²) in [5.41, 5.74) is 0.973. The SMILES string of the molecule is C=C(CC)C(O)CCCCC. The van der Waals surface area contributed by atoms with Crippen LogP contribution in [0.3, 0.4) is 0 Å². The van der Waals surface area contributed by atoms with Crippen molar-refractivity contribution in [2.45, 2.75) is 52.1 Å². The van der Waals surface area contributed by atoms with Crippen LogP contribution in [0.25, 0.3) is 0 Å². The summed E-state index contributed by atoms with van der Waals surface area (Å²) in [5, 5.41) is 9.44. The molecule has 1 atom stereocenters. The summed E-state index contributed by atoms with van der Waals surface area (Å²) in [7, 11) is 0. The third-order valence-electron chi connectivity index (χ3n) is 2.01. The first-order valence-corrected chi connectivity index (χ1v) is 4.58. The Bertz CT molecular complexity index is 107. The summed E-state index contributed by atoms with van der Waals surface area (Å²) in [5.74, 6) is 0. The highest BCUT2D eigenvalue weighted by atomic mass is 16.3. The molecule has 0 amide bonds. The first-order chi connectivity index (χ1) is 5.22. The Hall–Kier alpha value is -0.300. The molecule has 0 fully saturated rings. The normalized spacial score (nSPS) is 13.0. The first kappa shape index (κ1) is 10.7. The van der Waals surface area contributed by atoms with Crippen LogP contribution in [0.4, 0.5) is 0 Å². The zero-order valence-electron chi connectivity index (χ0n) is 7.77. The molecule has 0 heterocycles. The van der Waals surface area contributed by atoms with E-state index in [4.69, 9.17) is 0 Å². The van der Waals surface area contributed by atoms with Crippen molar-refractivity contribution in [3.63, 3.8) is 0 Å². The fourth-order valence-corrected chi connectivity index (χ4v) is 1.03. The van der Waals surface area contributed by atoms with Gasteiger partial charge in [-0.05, 0) is 18.4 Å². The molecule has 0 aromatic carbocycles. The largest absolute Gasteiger partial charge is 0.389 e. The summed E-state index contributed by atoms with van der Waals surface area (Å²) < 4.78 is 0. The second kappa shape index (κ2) is 6.41. The second-order valence-corrected chi connectivity index (χ2v) is 3.02. The van der Waals surface area contributed by atoms with E-state index in [1.165, 1.54) is 12.8 Å². The number of rotatable bonds is 6. The molecule has 0 bridgehead atoms. The van der Waals surface area contributed by atoms with Gasteiger partial charge in [0.2, 0.25) is 0 Å². The van der Waals surface area contributed by atoms with Gasteiger partial charge in [0.15, 0.2) is 0 Å². The molecule has 1 unspecified atom stereocenters. The summed E-state index contributed by atoms with van der Waals surface area (Å²) in [6, 6.07) is 0. The number of aliphatic hydroxyl groups excluding tert-OH is 1. The van der Waals surface area contributed by atoms with Gasteiger partial charge in [0, 0.05) is 0 Å². The van der Waals surface area contributed by atoms with Crippen LogP contribution in [0.2, 0.25) is 0 Å². The minimum Gasteiger partial charge on any atom is -0.389 e. The van der Waals surface area contributed by atoms with Gasteiger partial charge in [0.25, 0.3) is 0 Å². The molecular weight excluding hydrogens is 136 g/mol. The molecule has 0 saturated heterocycles. The number of hydrogen-bond donors (Lipinski definition) is 1. The van der Waals surface area contributed by atoms with Crippen molar-refractivity contribution in [3.8, 4) is 0 Å². The minimum atomic E-state index is -0.258. The van der Waals surface area contributed by atoms with Gasteiger partial charge in [-0.25, -0.2) is 0 Å². The van der Waals surface area contributed by atoms with Gasteiger partial charge in [-0.2, -0.15) is 0 Å². The van der Waals surface area contributed by atoms with Gasteiger partial charge < -0.3 is 5.11 Å². The van der Waals surface area contributed by atoms with Crippen LogP contribution in [0.15, 0.2) is 12.2 Å². The summed E-state index contributed by atoms with van der Waals surface area (Å²) >= 11 is 0. The maximum Gasteiger partial charge on any atom is 0.0747 e. The van der Waals surface area contributed by atoms with Gasteiger partial charge in [-0.1, -0.05) is 39.7 Å². The molecule has 1 heteroatoms. The van der Waals surface area contributed by atoms with E-state index in [1.54, 1.807) is 0 Å². The van der Waals surface area contributed by atoms with Gasteiger partial charge in [0.1, 0.15) is 0 Å². The number of hydrogen-bond acceptors (Lipinski definition) is 1. The molecule has 0 aromatic rings. The Morgan fingerprint density at radius 2 is 2.00 bits per heavy atom. The van der Waals surface area contributed by atoms with Gasteiger partial charge in [-0.3, -0.25) is 0 Å². The lowest BCUT2D eigenvalue weighted by atomic mass is 10.0. The van der Waals surface area contributed by atoms with E-state index < -0.39 is 0 Å². The van der Waals surface area contributed by atoms with Crippen molar-refractivity contribution in [2.75, 3.05) is 0 Å². The van der Waals surface area contributed by atoms with Crippen molar-refractivity contribution in [3.05, 3.63) is 12.2 Å². The second-order valence-electron chi connectivity index (χ2n) is 3.02. The average Bonchev–Trinajstić information content (AvgIpc) is 2.03. The van der Waals surface area contributed by atoms with Crippen molar-refractivity contribution in [1.29, 1.82) is 0 Å². The minimum absolute atomic E-state index is 0.258. The van der Waals surface area contributed by atoms with Crippen LogP contribution in [0.1, 0.15) is 46.0 Å². The molecule has 0 rings (SSSR count). The molecule has 66 valence electrons. The zero-order valence-corrected chi connectivity index (χ0v) is 7.77. The quantitative estimate of drug-likeness (QED) is 0.463. The van der Waals surface area contributed by atoms with Crippen LogP contribution in [-0.4, -0.2) is 11.2 Å². The van der Waals surface area contributed by atoms with Gasteiger partial charge >= 0.3 is 0 Å². The van der Waals surface area contributed by atoms with Crippen molar-refractivity contribution < 1.29 is 5.11 Å². The number of aliphatic hydroxyl groups is 1. The third-order valence-corrected chi connectivity index (χ3v) is 2.01. The lowest BCUT2D eigenvalue weighted by molar-refractivity contribution is 0.193. The van der Waals surface area contributed by atoms with E-state index in [0.717, 1.165) is 24.8 Å². The van der Waals surface area contributed by atoms with Crippen LogP contribution >= 0.6 is 0 Å². The molecule has 11 heavy (non-hydrogen) atoms. The van der Waals surface area contributed by atoms with E-state index in [1.807, 2.05) is 6.92 Å². The lowest BCUT2D eigenvalue weighted by Gasteiger charge is -2.10. The van der Waals surface area contributed by atoms with Crippen LogP contribution < -0.4 is 0 Å². The van der Waals surface area contributed by atoms with Crippen molar-refractivity contribution >= 4 is 0 Å². The van der Waals surface area contributed by atoms with E-state index in [0.29, 0.717) is 0 Å². The Kier molecular flexibility index (Phi) is 6.24. The van der Waals surface area contributed by atoms with Crippen LogP contribution in [0.5, 0.6) is 0 Å². The van der Waals surface area contributed by atoms with Gasteiger partial charge in [0.05, 0.1) is 6.10 Å². The molecule has 0 aliphatic heterocycles. The zero-order chi connectivity index (χ0) is 8.69. The molecular formula is C10H20O. The molecule has 0 saturated carbocycles. The predicted molar refractivity (Wildman–Crippen MR) is 49.6 cm³/mol. The van der Waals surface area contributed by atoms with Crippen molar-refractivity contribution in [2.24, 2.45) is 0 Å². The molecule has 0 radical (unpaired) electrons. The average molecular weight is 156 g/mol. The monoisotopic (exact) mass is 156 g/mol. The third kappa shape index (κ3) is 5.02. The highest BCUT2D eigenvalue weighted by Gasteiger charge is 2.04. The standard InChI is InChI=1S/C10H20O/c1-4-6-7-8-10(11)9(3)5-2/h10-11H,3-8H2,1-2H3. The van der Waals surface area contributed by atoms with E-state index >= 15 is 0 Å². The van der Waals surface area contributed by atoms with E-state index in [9.17, 15) is 5.11 Å². The molecule has 0 spiro atoms. The smallest absolute Gasteiger partial charge is 0.0747 e. The molecule has 0 aliphatic rings. The Morgan fingerprint density at radius 3 is 2.45 bits per heavy atom. The maximum absolute atomic E-state index is 9.44. The van der Waals surface area contributed by atoms with E-state index in [2.05, 4.69) is 13.5 Å². The van der Waals surface area contributed by atoms with Crippen LogP contribution in [0, 0.1) is 0 Å². The van der Waals surface area contributed by atoms with E-state index in [-0.39, 0.29) is 6.10 Å². The Morgan fingerprint density at radius 1 is 1.36 bits per heavy atom. The molecule has 0 aromatic heterocycles. The van der Waals surface area contributed by atoms with Crippen LogP contribution in [-0.2, 0) is 0 Å². The summed E-state index contributed by atoms with van der Waals surface area (Å²) in [4.78, 5) is 0. The van der Waals surface area contributed by atoms with Crippen molar-refractivity contribution in [1.82, 2.24) is 0 Å². The Balaban J connectivity index is 3.36. The Labute approximate surface area is 70.1 Å². The highest BCUT2D eigenvalue weighted by Crippen LogP contribution is 2.11. The lowest BCUT2D eigenvalue weighted by Crippen LogP contribution is -2.08. The number of unbranched alkanes of at least 4 members (excludes halogenated alkanes) is 2. The predicted octanol–water partition coefficient (Wildman–Crippen LogP) is 2.89. The molecule has 1 N–H and O–H groups in total. The first-order valence-electron chi connectivity index (χ1n) is 4.58. The highest BCUT2D eigenvalue weighted by molar-refractivity contribution is 4.99.